The molecule has 3 rings (SSSR count). The van der Waals surface area contributed by atoms with Crippen LogP contribution in [0.4, 0.5) is 0 Å². The molecule has 142 valence electrons. The van der Waals surface area contributed by atoms with Crippen LogP contribution < -0.4 is 14.8 Å². The fraction of sp³-hybridized carbons (Fsp3) is 0.333. The number of hydrogen-bond acceptors (Lipinski definition) is 5. The molecule has 6 heteroatoms. The van der Waals surface area contributed by atoms with Crippen molar-refractivity contribution >= 4 is 11.9 Å². The summed E-state index contributed by atoms with van der Waals surface area (Å²) < 4.78 is 16.0. The highest BCUT2D eigenvalue weighted by Crippen LogP contribution is 2.32. The van der Waals surface area contributed by atoms with Gasteiger partial charge in [0.2, 0.25) is 6.79 Å². The van der Waals surface area contributed by atoms with E-state index in [-0.39, 0.29) is 18.6 Å². The largest absolute Gasteiger partial charge is 0.454 e. The van der Waals surface area contributed by atoms with Crippen LogP contribution in [0.5, 0.6) is 11.5 Å². The van der Waals surface area contributed by atoms with E-state index in [4.69, 9.17) is 14.2 Å². The molecule has 2 aromatic carbocycles. The lowest BCUT2D eigenvalue weighted by molar-refractivity contribution is -0.156. The van der Waals surface area contributed by atoms with Crippen molar-refractivity contribution in [3.05, 3.63) is 59.7 Å². The average molecular weight is 369 g/mol. The molecule has 0 aliphatic carbocycles. The minimum absolute atomic E-state index is 0.206. The van der Waals surface area contributed by atoms with Crippen LogP contribution in [0.25, 0.3) is 0 Å². The molecular weight excluding hydrogens is 346 g/mol. The van der Waals surface area contributed by atoms with E-state index in [1.807, 2.05) is 49.4 Å². The van der Waals surface area contributed by atoms with Gasteiger partial charge >= 0.3 is 5.97 Å². The highest BCUT2D eigenvalue weighted by Gasteiger charge is 2.25. The molecule has 1 heterocycles. The van der Waals surface area contributed by atoms with Crippen LogP contribution in [0.3, 0.4) is 0 Å². The van der Waals surface area contributed by atoms with Crippen molar-refractivity contribution in [2.45, 2.75) is 38.8 Å². The lowest BCUT2D eigenvalue weighted by Crippen LogP contribution is -2.36. The normalized spacial score (nSPS) is 14.3. The Bertz CT molecular complexity index is 805. The molecule has 0 radical (unpaired) electrons. The molecule has 0 aromatic heterocycles. The molecule has 6 nitrogen and oxygen atoms in total. The quantitative estimate of drug-likeness (QED) is 0.759. The Morgan fingerprint density at radius 1 is 1.11 bits per heavy atom. The van der Waals surface area contributed by atoms with Gasteiger partial charge in [0.1, 0.15) is 0 Å². The summed E-state index contributed by atoms with van der Waals surface area (Å²) in [6, 6.07) is 14.9. The summed E-state index contributed by atoms with van der Waals surface area (Å²) >= 11 is 0. The van der Waals surface area contributed by atoms with Crippen molar-refractivity contribution < 1.29 is 23.8 Å². The van der Waals surface area contributed by atoms with E-state index in [0.717, 1.165) is 11.1 Å². The number of ether oxygens (including phenoxy) is 3. The van der Waals surface area contributed by atoms with Crippen LogP contribution in [0, 0.1) is 0 Å². The monoisotopic (exact) mass is 369 g/mol. The number of carbonyl (C=O) groups excluding carboxylic acids is 2. The van der Waals surface area contributed by atoms with Crippen molar-refractivity contribution in [1.82, 2.24) is 5.32 Å². The molecule has 0 saturated heterocycles. The van der Waals surface area contributed by atoms with Crippen LogP contribution in [0.15, 0.2) is 48.5 Å². The van der Waals surface area contributed by atoms with Gasteiger partial charge in [-0.25, -0.2) is 0 Å². The maximum absolute atomic E-state index is 12.5. The zero-order chi connectivity index (χ0) is 19.2. The van der Waals surface area contributed by atoms with E-state index in [9.17, 15) is 9.59 Å². The second-order valence-electron chi connectivity index (χ2n) is 6.36. The summed E-state index contributed by atoms with van der Waals surface area (Å²) in [5, 5.41) is 2.78. The number of benzene rings is 2. The number of amides is 1. The van der Waals surface area contributed by atoms with E-state index in [0.29, 0.717) is 24.5 Å². The highest BCUT2D eigenvalue weighted by atomic mass is 16.7. The Hall–Kier alpha value is -3.02. The summed E-state index contributed by atoms with van der Waals surface area (Å²) in [5.41, 5.74) is 1.76. The smallest absolute Gasteiger partial charge is 0.314 e. The molecule has 1 aliphatic rings. The zero-order valence-electron chi connectivity index (χ0n) is 15.4. The number of nitrogens with one attached hydrogen (secondary N) is 1. The maximum atomic E-state index is 12.5. The summed E-state index contributed by atoms with van der Waals surface area (Å²) in [7, 11) is 0. The molecule has 27 heavy (non-hydrogen) atoms. The summed E-state index contributed by atoms with van der Waals surface area (Å²) in [4.78, 5) is 24.7. The van der Waals surface area contributed by atoms with Crippen molar-refractivity contribution in [2.24, 2.45) is 0 Å². The van der Waals surface area contributed by atoms with Gasteiger partial charge in [-0.3, -0.25) is 9.59 Å². The maximum Gasteiger partial charge on any atom is 0.314 e. The molecule has 0 bridgehead atoms. The van der Waals surface area contributed by atoms with Gasteiger partial charge in [-0.1, -0.05) is 43.3 Å². The summed E-state index contributed by atoms with van der Waals surface area (Å²) in [6.45, 7) is 4.01. The first-order valence-electron chi connectivity index (χ1n) is 9.00. The second-order valence-corrected chi connectivity index (χ2v) is 6.36. The van der Waals surface area contributed by atoms with E-state index in [1.165, 1.54) is 0 Å². The third-order valence-corrected chi connectivity index (χ3v) is 4.46. The van der Waals surface area contributed by atoms with Crippen LogP contribution in [-0.2, 0) is 20.9 Å². The van der Waals surface area contributed by atoms with Crippen molar-refractivity contribution in [3.8, 4) is 11.5 Å². The molecule has 1 amide bonds. The number of esters is 1. The van der Waals surface area contributed by atoms with Crippen LogP contribution >= 0.6 is 0 Å². The first-order valence-corrected chi connectivity index (χ1v) is 9.00. The standard InChI is InChI=1S/C21H23NO5/c1-3-17(16-7-5-4-6-8-16)21(24)27-14(2)20(23)22-12-15-9-10-18-19(11-15)26-13-25-18/h4-11,14,17H,3,12-13H2,1-2H3,(H,22,23)/t14-,17-/m0/s1. The molecule has 1 N–H and O–H groups in total. The molecule has 2 atom stereocenters. The van der Waals surface area contributed by atoms with Crippen LogP contribution in [0.1, 0.15) is 37.3 Å². The lowest BCUT2D eigenvalue weighted by Gasteiger charge is -2.18. The molecular formula is C21H23NO5. The summed E-state index contributed by atoms with van der Waals surface area (Å²) in [5.74, 6) is 0.238. The fourth-order valence-electron chi connectivity index (χ4n) is 2.92. The van der Waals surface area contributed by atoms with Crippen molar-refractivity contribution in [3.63, 3.8) is 0 Å². The van der Waals surface area contributed by atoms with E-state index in [2.05, 4.69) is 5.32 Å². The predicted molar refractivity (Wildman–Crippen MR) is 99.4 cm³/mol. The highest BCUT2D eigenvalue weighted by molar-refractivity contribution is 5.85. The Labute approximate surface area is 158 Å². The molecule has 1 aliphatic heterocycles. The van der Waals surface area contributed by atoms with Gasteiger partial charge in [0.05, 0.1) is 5.92 Å². The second kappa shape index (κ2) is 8.58. The van der Waals surface area contributed by atoms with Gasteiger partial charge in [-0.05, 0) is 36.6 Å². The zero-order valence-corrected chi connectivity index (χ0v) is 15.4. The average Bonchev–Trinajstić information content (AvgIpc) is 3.15. The minimum Gasteiger partial charge on any atom is -0.454 e. The number of hydrogen-bond donors (Lipinski definition) is 1. The molecule has 0 saturated carbocycles. The number of rotatable bonds is 7. The van der Waals surface area contributed by atoms with Crippen molar-refractivity contribution in [2.75, 3.05) is 6.79 Å². The van der Waals surface area contributed by atoms with Gasteiger partial charge in [-0.15, -0.1) is 0 Å². The first kappa shape index (κ1) is 18.8. The Balaban J connectivity index is 1.53. The molecule has 0 spiro atoms. The van der Waals surface area contributed by atoms with Gasteiger partial charge < -0.3 is 19.5 Å². The van der Waals surface area contributed by atoms with Crippen LogP contribution in [0.2, 0.25) is 0 Å². The lowest BCUT2D eigenvalue weighted by atomic mass is 9.97. The Kier molecular flexibility index (Phi) is 5.96. The van der Waals surface area contributed by atoms with Gasteiger partial charge in [0.25, 0.3) is 5.91 Å². The van der Waals surface area contributed by atoms with E-state index >= 15 is 0 Å². The Morgan fingerprint density at radius 3 is 2.59 bits per heavy atom. The van der Waals surface area contributed by atoms with Gasteiger partial charge in [-0.2, -0.15) is 0 Å². The molecule has 0 fully saturated rings. The Morgan fingerprint density at radius 2 is 1.85 bits per heavy atom. The van der Waals surface area contributed by atoms with E-state index in [1.54, 1.807) is 13.0 Å². The van der Waals surface area contributed by atoms with Crippen molar-refractivity contribution in [1.29, 1.82) is 0 Å². The summed E-state index contributed by atoms with van der Waals surface area (Å²) in [6.07, 6.45) is -0.266. The predicted octanol–water partition coefficient (Wildman–Crippen LogP) is 3.16. The van der Waals surface area contributed by atoms with E-state index < -0.39 is 12.1 Å². The molecule has 0 unspecified atom stereocenters. The minimum atomic E-state index is -0.871. The van der Waals surface area contributed by atoms with Gasteiger partial charge in [0.15, 0.2) is 17.6 Å². The topological polar surface area (TPSA) is 73.9 Å². The number of fused-ring (bicyclic) bond motifs is 1. The first-order chi connectivity index (χ1) is 13.1. The fourth-order valence-corrected chi connectivity index (χ4v) is 2.92. The van der Waals surface area contributed by atoms with Crippen LogP contribution in [-0.4, -0.2) is 24.8 Å². The third kappa shape index (κ3) is 4.58. The number of carbonyl (C=O) groups is 2. The molecule has 2 aromatic rings. The SMILES string of the molecule is CC[C@H](C(=O)O[C@@H](C)C(=O)NCc1ccc2c(c1)OCO2)c1ccccc1. The van der Waals surface area contributed by atoms with Gasteiger partial charge in [0, 0.05) is 6.54 Å². The third-order valence-electron chi connectivity index (χ3n) is 4.46.